The van der Waals surface area contributed by atoms with Crippen molar-refractivity contribution in [2.24, 2.45) is 11.1 Å². The van der Waals surface area contributed by atoms with Crippen LogP contribution in [0, 0.1) is 5.41 Å². The van der Waals surface area contributed by atoms with E-state index < -0.39 is 0 Å². The van der Waals surface area contributed by atoms with E-state index in [9.17, 15) is 0 Å². The number of benzene rings is 1. The van der Waals surface area contributed by atoms with Crippen molar-refractivity contribution >= 4 is 0 Å². The number of nitrogens with two attached hydrogens (primary N) is 1. The SMILES string of the molecule is CN(Cc1ccccc1)C1(CN)CCCC(C)(C)CC1. The lowest BCUT2D eigenvalue weighted by atomic mass is 9.83. The zero-order chi connectivity index (χ0) is 14.6. The van der Waals surface area contributed by atoms with Gasteiger partial charge in [0.2, 0.25) is 0 Å². The Morgan fingerprint density at radius 2 is 1.75 bits per heavy atom. The summed E-state index contributed by atoms with van der Waals surface area (Å²) in [6, 6.07) is 10.7. The second-order valence-electron chi connectivity index (χ2n) is 7.29. The van der Waals surface area contributed by atoms with Crippen LogP contribution in [0.5, 0.6) is 0 Å². The van der Waals surface area contributed by atoms with E-state index in [1.54, 1.807) is 0 Å². The fraction of sp³-hybridized carbons (Fsp3) is 0.667. The van der Waals surface area contributed by atoms with E-state index in [4.69, 9.17) is 5.73 Å². The molecule has 2 heteroatoms. The van der Waals surface area contributed by atoms with Gasteiger partial charge in [0.1, 0.15) is 0 Å². The maximum Gasteiger partial charge on any atom is 0.0332 e. The third-order valence-corrected chi connectivity index (χ3v) is 5.22. The summed E-state index contributed by atoms with van der Waals surface area (Å²) in [5, 5.41) is 0. The molecule has 0 spiro atoms. The quantitative estimate of drug-likeness (QED) is 0.846. The van der Waals surface area contributed by atoms with E-state index in [1.807, 2.05) is 0 Å². The van der Waals surface area contributed by atoms with Gasteiger partial charge in [-0.05, 0) is 43.7 Å². The van der Waals surface area contributed by atoms with Gasteiger partial charge in [-0.1, -0.05) is 50.6 Å². The lowest BCUT2D eigenvalue weighted by molar-refractivity contribution is 0.0961. The Morgan fingerprint density at radius 1 is 1.05 bits per heavy atom. The Balaban J connectivity index is 2.09. The fourth-order valence-electron chi connectivity index (χ4n) is 3.48. The second-order valence-corrected chi connectivity index (χ2v) is 7.29. The summed E-state index contributed by atoms with van der Waals surface area (Å²) >= 11 is 0. The van der Waals surface area contributed by atoms with E-state index in [2.05, 4.69) is 56.1 Å². The minimum atomic E-state index is 0.184. The minimum absolute atomic E-state index is 0.184. The molecule has 1 atom stereocenters. The highest BCUT2D eigenvalue weighted by molar-refractivity contribution is 5.15. The first-order valence-corrected chi connectivity index (χ1v) is 7.93. The van der Waals surface area contributed by atoms with Crippen LogP contribution in [0.2, 0.25) is 0 Å². The van der Waals surface area contributed by atoms with Gasteiger partial charge >= 0.3 is 0 Å². The lowest BCUT2D eigenvalue weighted by Crippen LogP contribution is -2.51. The monoisotopic (exact) mass is 274 g/mol. The van der Waals surface area contributed by atoms with Crippen molar-refractivity contribution in [3.63, 3.8) is 0 Å². The molecule has 20 heavy (non-hydrogen) atoms. The molecular weight excluding hydrogens is 244 g/mol. The number of nitrogens with zero attached hydrogens (tertiary/aromatic N) is 1. The molecule has 1 fully saturated rings. The lowest BCUT2D eigenvalue weighted by Gasteiger charge is -2.41. The molecule has 0 aromatic heterocycles. The maximum absolute atomic E-state index is 6.21. The summed E-state index contributed by atoms with van der Waals surface area (Å²) in [7, 11) is 2.25. The highest BCUT2D eigenvalue weighted by Crippen LogP contribution is 2.40. The minimum Gasteiger partial charge on any atom is -0.329 e. The van der Waals surface area contributed by atoms with E-state index >= 15 is 0 Å². The first-order chi connectivity index (χ1) is 9.47. The molecule has 0 aliphatic heterocycles. The van der Waals surface area contributed by atoms with Gasteiger partial charge in [-0.25, -0.2) is 0 Å². The summed E-state index contributed by atoms with van der Waals surface area (Å²) in [6.45, 7) is 6.57. The molecule has 1 aromatic carbocycles. The topological polar surface area (TPSA) is 29.3 Å². The van der Waals surface area contributed by atoms with Gasteiger partial charge in [0.05, 0.1) is 0 Å². The number of hydrogen-bond donors (Lipinski definition) is 1. The van der Waals surface area contributed by atoms with Crippen molar-refractivity contribution in [3.8, 4) is 0 Å². The van der Waals surface area contributed by atoms with Crippen LogP contribution in [-0.4, -0.2) is 24.0 Å². The molecule has 2 rings (SSSR count). The predicted molar refractivity (Wildman–Crippen MR) is 86.6 cm³/mol. The summed E-state index contributed by atoms with van der Waals surface area (Å²) in [4.78, 5) is 2.50. The van der Waals surface area contributed by atoms with Gasteiger partial charge < -0.3 is 5.73 Å². The Kier molecular flexibility index (Phi) is 4.87. The van der Waals surface area contributed by atoms with Crippen LogP contribution in [0.15, 0.2) is 30.3 Å². The highest BCUT2D eigenvalue weighted by Gasteiger charge is 2.37. The van der Waals surface area contributed by atoms with Crippen molar-refractivity contribution in [2.75, 3.05) is 13.6 Å². The summed E-state index contributed by atoms with van der Waals surface area (Å²) < 4.78 is 0. The first-order valence-electron chi connectivity index (χ1n) is 7.93. The van der Waals surface area contributed by atoms with Crippen molar-refractivity contribution in [1.82, 2.24) is 4.90 Å². The molecule has 0 saturated heterocycles. The average Bonchev–Trinajstić information content (AvgIpc) is 2.59. The van der Waals surface area contributed by atoms with Crippen LogP contribution in [-0.2, 0) is 6.54 Å². The molecule has 0 heterocycles. The Labute approximate surface area is 124 Å². The number of rotatable bonds is 4. The first kappa shape index (κ1) is 15.5. The Morgan fingerprint density at radius 3 is 2.40 bits per heavy atom. The standard InChI is InChI=1S/C18H30N2/c1-17(2)10-7-11-18(15-19,13-12-17)20(3)14-16-8-5-4-6-9-16/h4-6,8-9H,7,10-15,19H2,1-3H3. The third-order valence-electron chi connectivity index (χ3n) is 5.22. The maximum atomic E-state index is 6.21. The van der Waals surface area contributed by atoms with E-state index in [0.717, 1.165) is 13.1 Å². The van der Waals surface area contributed by atoms with E-state index in [0.29, 0.717) is 5.41 Å². The molecule has 0 radical (unpaired) electrons. The molecular formula is C18H30N2. The molecule has 0 bridgehead atoms. The van der Waals surface area contributed by atoms with Gasteiger partial charge in [-0.3, -0.25) is 4.90 Å². The van der Waals surface area contributed by atoms with E-state index in [-0.39, 0.29) is 5.54 Å². The molecule has 112 valence electrons. The molecule has 1 aromatic rings. The summed E-state index contributed by atoms with van der Waals surface area (Å²) in [6.07, 6.45) is 6.36. The van der Waals surface area contributed by atoms with Crippen molar-refractivity contribution < 1.29 is 0 Å². The molecule has 1 aliphatic carbocycles. The van der Waals surface area contributed by atoms with Crippen LogP contribution in [0.25, 0.3) is 0 Å². The molecule has 1 aliphatic rings. The van der Waals surface area contributed by atoms with Crippen molar-refractivity contribution in [3.05, 3.63) is 35.9 Å². The summed E-state index contributed by atoms with van der Waals surface area (Å²) in [5.41, 5.74) is 8.25. The molecule has 2 N–H and O–H groups in total. The Hall–Kier alpha value is -0.860. The smallest absolute Gasteiger partial charge is 0.0332 e. The van der Waals surface area contributed by atoms with Crippen molar-refractivity contribution in [1.29, 1.82) is 0 Å². The Bertz CT molecular complexity index is 413. The zero-order valence-electron chi connectivity index (χ0n) is 13.4. The number of likely N-dealkylation sites (N-methyl/N-ethyl adjacent to an activating group) is 1. The normalized spacial score (nSPS) is 26.4. The van der Waals surface area contributed by atoms with Gasteiger partial charge in [-0.15, -0.1) is 0 Å². The van der Waals surface area contributed by atoms with Crippen LogP contribution in [0.1, 0.15) is 51.5 Å². The van der Waals surface area contributed by atoms with Gasteiger partial charge in [0, 0.05) is 18.6 Å². The third kappa shape index (κ3) is 3.62. The van der Waals surface area contributed by atoms with Crippen LogP contribution in [0.4, 0.5) is 0 Å². The summed E-state index contributed by atoms with van der Waals surface area (Å²) in [5.74, 6) is 0. The van der Waals surface area contributed by atoms with Gasteiger partial charge in [0.25, 0.3) is 0 Å². The van der Waals surface area contributed by atoms with Crippen molar-refractivity contribution in [2.45, 2.75) is 58.0 Å². The van der Waals surface area contributed by atoms with Crippen LogP contribution < -0.4 is 5.73 Å². The van der Waals surface area contributed by atoms with Gasteiger partial charge in [-0.2, -0.15) is 0 Å². The molecule has 2 nitrogen and oxygen atoms in total. The average molecular weight is 274 g/mol. The van der Waals surface area contributed by atoms with Crippen LogP contribution in [0.3, 0.4) is 0 Å². The van der Waals surface area contributed by atoms with Gasteiger partial charge in [0.15, 0.2) is 0 Å². The largest absolute Gasteiger partial charge is 0.329 e. The van der Waals surface area contributed by atoms with E-state index in [1.165, 1.54) is 37.7 Å². The molecule has 0 amide bonds. The molecule has 1 unspecified atom stereocenters. The predicted octanol–water partition coefficient (Wildman–Crippen LogP) is 3.81. The highest BCUT2D eigenvalue weighted by atomic mass is 15.2. The second kappa shape index (κ2) is 6.28. The fourth-order valence-corrected chi connectivity index (χ4v) is 3.48. The zero-order valence-corrected chi connectivity index (χ0v) is 13.4. The molecule has 1 saturated carbocycles. The van der Waals surface area contributed by atoms with Crippen LogP contribution >= 0.6 is 0 Å². The number of hydrogen-bond acceptors (Lipinski definition) is 2.